The van der Waals surface area contributed by atoms with Gasteiger partial charge in [0.05, 0.1) is 0 Å². The molecule has 0 aromatic heterocycles. The van der Waals surface area contributed by atoms with E-state index in [4.69, 9.17) is 9.16 Å². The van der Waals surface area contributed by atoms with Crippen LogP contribution in [0, 0.1) is 0 Å². The Balaban J connectivity index is 2.52. The van der Waals surface area contributed by atoms with Crippen molar-refractivity contribution in [1.29, 1.82) is 0 Å². The Labute approximate surface area is 123 Å². The zero-order chi connectivity index (χ0) is 15.4. The van der Waals surface area contributed by atoms with Crippen LogP contribution in [0.4, 0.5) is 10.5 Å². The Morgan fingerprint density at radius 3 is 2.05 bits per heavy atom. The van der Waals surface area contributed by atoms with E-state index in [0.29, 0.717) is 5.69 Å². The van der Waals surface area contributed by atoms with Gasteiger partial charge in [0.25, 0.3) is 0 Å². The number of nitrogens with one attached hydrogen (secondary N) is 1. The van der Waals surface area contributed by atoms with E-state index >= 15 is 0 Å². The van der Waals surface area contributed by atoms with E-state index in [1.807, 2.05) is 45.0 Å². The van der Waals surface area contributed by atoms with Crippen LogP contribution in [0.25, 0.3) is 0 Å². The lowest BCUT2D eigenvalue weighted by Crippen LogP contribution is -2.27. The van der Waals surface area contributed by atoms with Crippen molar-refractivity contribution in [1.82, 2.24) is 0 Å². The molecule has 0 saturated heterocycles. The molecule has 0 heterocycles. The summed E-state index contributed by atoms with van der Waals surface area (Å²) in [5, 5.41) is 2.95. The van der Waals surface area contributed by atoms with Gasteiger partial charge in [0.2, 0.25) is 9.76 Å². The molecule has 4 nitrogen and oxygen atoms in total. The average molecular weight is 295 g/mol. The topological polar surface area (TPSA) is 47.6 Å². The highest BCUT2D eigenvalue weighted by atomic mass is 28.2. The molecule has 0 atom stereocenters. The molecule has 112 valence electrons. The highest BCUT2D eigenvalue weighted by Gasteiger charge is 2.16. The first-order chi connectivity index (χ1) is 9.05. The van der Waals surface area contributed by atoms with Crippen LogP contribution in [0.5, 0.6) is 5.75 Å². The van der Waals surface area contributed by atoms with Crippen LogP contribution in [0.3, 0.4) is 0 Å². The van der Waals surface area contributed by atoms with E-state index in [-0.39, 0.29) is 5.04 Å². The fourth-order valence-electron chi connectivity index (χ4n) is 1.36. The molecule has 1 aromatic rings. The summed E-state index contributed by atoms with van der Waals surface area (Å²) in [6.07, 6.45) is -0.449. The summed E-state index contributed by atoms with van der Waals surface area (Å²) in [7, 11) is -0.618. The van der Waals surface area contributed by atoms with Crippen molar-refractivity contribution >= 4 is 21.5 Å². The summed E-state index contributed by atoms with van der Waals surface area (Å²) in [6, 6.07) is 7.36. The average Bonchev–Trinajstić information content (AvgIpc) is 2.24. The van der Waals surface area contributed by atoms with Crippen LogP contribution in [0.15, 0.2) is 24.3 Å². The summed E-state index contributed by atoms with van der Waals surface area (Å²) < 4.78 is 11.0. The van der Waals surface area contributed by atoms with Crippen molar-refractivity contribution < 1.29 is 14.0 Å². The van der Waals surface area contributed by atoms with Gasteiger partial charge in [0, 0.05) is 5.69 Å². The lowest BCUT2D eigenvalue weighted by molar-refractivity contribution is 0.0636. The Morgan fingerprint density at radius 2 is 1.60 bits per heavy atom. The number of ether oxygens (including phenoxy) is 1. The highest BCUT2D eigenvalue weighted by Crippen LogP contribution is 2.23. The van der Waals surface area contributed by atoms with Gasteiger partial charge in [-0.2, -0.15) is 0 Å². The predicted octanol–water partition coefficient (Wildman–Crippen LogP) is 3.71. The summed E-state index contributed by atoms with van der Waals surface area (Å²) >= 11 is 0. The van der Waals surface area contributed by atoms with Crippen molar-refractivity contribution in [2.45, 2.75) is 52.2 Å². The first-order valence-corrected chi connectivity index (χ1v) is 8.06. The molecule has 0 radical (unpaired) electrons. The summed E-state index contributed by atoms with van der Waals surface area (Å²) in [4.78, 5) is 11.6. The van der Waals surface area contributed by atoms with Gasteiger partial charge in [-0.05, 0) is 50.1 Å². The molecule has 0 spiro atoms. The molecule has 0 aliphatic carbocycles. The summed E-state index contributed by atoms with van der Waals surface area (Å²) in [6.45, 7) is 12.0. The second-order valence-corrected chi connectivity index (χ2v) is 9.70. The zero-order valence-electron chi connectivity index (χ0n) is 13.2. The van der Waals surface area contributed by atoms with Crippen molar-refractivity contribution in [3.05, 3.63) is 24.3 Å². The minimum Gasteiger partial charge on any atom is -0.549 e. The number of amides is 1. The summed E-state index contributed by atoms with van der Waals surface area (Å²) in [5.41, 5.74) is 0.204. The van der Waals surface area contributed by atoms with E-state index in [1.54, 1.807) is 0 Å². The highest BCUT2D eigenvalue weighted by molar-refractivity contribution is 6.32. The van der Waals surface area contributed by atoms with Crippen LogP contribution in [-0.4, -0.2) is 21.5 Å². The monoisotopic (exact) mass is 295 g/mol. The number of carbonyl (C=O) groups excluding carboxylic acids is 1. The first-order valence-electron chi connectivity index (χ1n) is 6.78. The van der Waals surface area contributed by atoms with Crippen LogP contribution in [0.2, 0.25) is 5.04 Å². The van der Waals surface area contributed by atoms with Gasteiger partial charge in [-0.25, -0.2) is 4.79 Å². The molecule has 20 heavy (non-hydrogen) atoms. The molecule has 1 amide bonds. The predicted molar refractivity (Wildman–Crippen MR) is 85.2 cm³/mol. The Bertz CT molecular complexity index is 444. The third kappa shape index (κ3) is 7.18. The molecule has 0 fully saturated rings. The molecule has 0 unspecified atom stereocenters. The molecular weight excluding hydrogens is 270 g/mol. The van der Waals surface area contributed by atoms with Crippen LogP contribution in [-0.2, 0) is 4.74 Å². The fourth-order valence-corrected chi connectivity index (χ4v) is 2.15. The van der Waals surface area contributed by atoms with Crippen LogP contribution >= 0.6 is 0 Å². The maximum Gasteiger partial charge on any atom is 0.412 e. The smallest absolute Gasteiger partial charge is 0.412 e. The Morgan fingerprint density at radius 1 is 1.05 bits per heavy atom. The Kier molecular flexibility index (Phi) is 5.22. The maximum absolute atomic E-state index is 11.6. The lowest BCUT2D eigenvalue weighted by Gasteiger charge is -2.20. The zero-order valence-corrected chi connectivity index (χ0v) is 14.7. The first kappa shape index (κ1) is 16.6. The van der Waals surface area contributed by atoms with E-state index in [1.165, 1.54) is 0 Å². The number of carbonyl (C=O) groups is 1. The minimum absolute atomic E-state index is 0.257. The number of rotatable bonds is 3. The molecule has 0 saturated carbocycles. The number of hydrogen-bond acceptors (Lipinski definition) is 3. The van der Waals surface area contributed by atoms with Gasteiger partial charge in [-0.1, -0.05) is 20.8 Å². The summed E-state index contributed by atoms with van der Waals surface area (Å²) in [5.74, 6) is 0.848. The van der Waals surface area contributed by atoms with E-state index in [0.717, 1.165) is 5.75 Å². The quantitative estimate of drug-likeness (QED) is 0.865. The Hall–Kier alpha value is -1.49. The van der Waals surface area contributed by atoms with Gasteiger partial charge in [-0.15, -0.1) is 0 Å². The van der Waals surface area contributed by atoms with Crippen molar-refractivity contribution in [3.63, 3.8) is 0 Å². The number of anilines is 1. The number of hydrogen-bond donors (Lipinski definition) is 1. The second kappa shape index (κ2) is 6.30. The number of benzene rings is 1. The van der Waals surface area contributed by atoms with Gasteiger partial charge < -0.3 is 9.16 Å². The van der Waals surface area contributed by atoms with Gasteiger partial charge in [0.1, 0.15) is 11.4 Å². The SMILES string of the molecule is CC(C)(C)OC(=O)Nc1ccc(O[SiH2]C(C)(C)C)cc1. The van der Waals surface area contributed by atoms with Crippen LogP contribution < -0.4 is 9.74 Å². The minimum atomic E-state index is -0.618. The van der Waals surface area contributed by atoms with E-state index < -0.39 is 21.5 Å². The van der Waals surface area contributed by atoms with Gasteiger partial charge in [0.15, 0.2) is 0 Å². The van der Waals surface area contributed by atoms with Gasteiger partial charge in [-0.3, -0.25) is 5.32 Å². The maximum atomic E-state index is 11.6. The molecule has 1 N–H and O–H groups in total. The van der Waals surface area contributed by atoms with Crippen molar-refractivity contribution in [2.24, 2.45) is 0 Å². The lowest BCUT2D eigenvalue weighted by atomic mass is 10.2. The van der Waals surface area contributed by atoms with Crippen molar-refractivity contribution in [2.75, 3.05) is 5.32 Å². The molecule has 5 heteroatoms. The van der Waals surface area contributed by atoms with E-state index in [9.17, 15) is 4.79 Å². The van der Waals surface area contributed by atoms with E-state index in [2.05, 4.69) is 26.1 Å². The molecule has 1 rings (SSSR count). The third-order valence-corrected chi connectivity index (χ3v) is 3.52. The molecule has 1 aromatic carbocycles. The van der Waals surface area contributed by atoms with Gasteiger partial charge >= 0.3 is 6.09 Å². The molecular formula is C15H25NO3Si. The standard InChI is InChI=1S/C15H25NO3Si/c1-14(2,3)18-13(17)16-11-7-9-12(10-8-11)19-20-15(4,5)6/h7-10H,20H2,1-6H3,(H,16,17). The third-order valence-electron chi connectivity index (χ3n) is 2.17. The molecule has 0 aliphatic heterocycles. The molecule has 0 bridgehead atoms. The molecule has 0 aliphatic rings. The van der Waals surface area contributed by atoms with Crippen LogP contribution in [0.1, 0.15) is 41.5 Å². The second-order valence-electron chi connectivity index (χ2n) is 7.00. The normalized spacial score (nSPS) is 12.5. The largest absolute Gasteiger partial charge is 0.549 e. The van der Waals surface area contributed by atoms with Crippen molar-refractivity contribution in [3.8, 4) is 5.75 Å². The fraction of sp³-hybridized carbons (Fsp3) is 0.533.